The summed E-state index contributed by atoms with van der Waals surface area (Å²) in [5, 5.41) is 14.4. The Morgan fingerprint density at radius 1 is 1.22 bits per heavy atom. The number of aromatic hydroxyl groups is 1. The highest BCUT2D eigenvalue weighted by Crippen LogP contribution is 2.26. The van der Waals surface area contributed by atoms with Gasteiger partial charge in [-0.3, -0.25) is 9.78 Å². The lowest BCUT2D eigenvalue weighted by Gasteiger charge is -2.18. The Hall–Kier alpha value is -3.59. The van der Waals surface area contributed by atoms with Gasteiger partial charge < -0.3 is 15.3 Å². The van der Waals surface area contributed by atoms with Gasteiger partial charge in [0.15, 0.2) is 5.69 Å². The number of nitrogens with zero attached hydrogens (tertiary/aromatic N) is 4. The first-order valence-electron chi connectivity index (χ1n) is 10.1. The first-order chi connectivity index (χ1) is 15.4. The smallest absolute Gasteiger partial charge is 0.273 e. The number of likely N-dealkylation sites (N-methyl/N-ethyl adjacent to an activating group) is 1. The van der Waals surface area contributed by atoms with Crippen molar-refractivity contribution in [1.29, 1.82) is 0 Å². The topological polar surface area (TPSA) is 91.2 Å². The van der Waals surface area contributed by atoms with E-state index in [0.29, 0.717) is 35.7 Å². The van der Waals surface area contributed by atoms with Crippen LogP contribution in [0.4, 0.5) is 10.3 Å². The molecule has 3 aromatic heterocycles. The molecule has 0 saturated heterocycles. The van der Waals surface area contributed by atoms with Crippen molar-refractivity contribution in [2.75, 3.05) is 18.9 Å². The molecule has 32 heavy (non-hydrogen) atoms. The number of hydrogen-bond acceptors (Lipinski definition) is 7. The zero-order chi connectivity index (χ0) is 22.7. The van der Waals surface area contributed by atoms with E-state index in [2.05, 4.69) is 20.3 Å². The minimum Gasteiger partial charge on any atom is -0.508 e. The number of carbonyl (C=O) groups excluding carboxylic acids is 1. The van der Waals surface area contributed by atoms with E-state index in [1.54, 1.807) is 30.3 Å². The van der Waals surface area contributed by atoms with Crippen LogP contribution in [0.5, 0.6) is 5.75 Å². The second kappa shape index (κ2) is 9.27. The lowest BCUT2D eigenvalue weighted by atomic mass is 10.1. The maximum absolute atomic E-state index is 13.5. The largest absolute Gasteiger partial charge is 0.508 e. The van der Waals surface area contributed by atoms with Crippen LogP contribution in [0.3, 0.4) is 0 Å². The highest BCUT2D eigenvalue weighted by atomic mass is 32.1. The maximum atomic E-state index is 13.5. The summed E-state index contributed by atoms with van der Waals surface area (Å²) in [6, 6.07) is 9.87. The molecule has 0 radical (unpaired) electrons. The van der Waals surface area contributed by atoms with Crippen molar-refractivity contribution in [3.05, 3.63) is 76.8 Å². The molecule has 0 aliphatic rings. The summed E-state index contributed by atoms with van der Waals surface area (Å²) >= 11 is 1.41. The Labute approximate surface area is 188 Å². The zero-order valence-electron chi connectivity index (χ0n) is 17.6. The molecule has 9 heteroatoms. The quantitative estimate of drug-likeness (QED) is 0.432. The van der Waals surface area contributed by atoms with E-state index in [9.17, 15) is 14.3 Å². The van der Waals surface area contributed by atoms with Gasteiger partial charge in [0.1, 0.15) is 11.6 Å². The Kier molecular flexibility index (Phi) is 6.27. The fraction of sp³-hybridized carbons (Fsp3) is 0.217. The molecule has 3 heterocycles. The number of nitrogens with one attached hydrogen (secondary N) is 1. The predicted molar refractivity (Wildman–Crippen MR) is 122 cm³/mol. The zero-order valence-corrected chi connectivity index (χ0v) is 18.4. The standard InChI is InChI=1S/C23H22FN5O2S/c1-14(16-11-17(24)13-25-12-16)26-23-27-19-8-10-32-21(19)20(28-23)22(31)29(2)9-7-15-3-5-18(30)6-4-15/h3-6,8,10-14,30H,7,9H2,1-2H3,(H,26,27,28). The lowest BCUT2D eigenvalue weighted by molar-refractivity contribution is 0.0793. The van der Waals surface area contributed by atoms with Gasteiger partial charge in [0.25, 0.3) is 5.91 Å². The van der Waals surface area contributed by atoms with Gasteiger partial charge in [0.05, 0.1) is 22.5 Å². The second-order valence-corrected chi connectivity index (χ2v) is 8.39. The first kappa shape index (κ1) is 21.6. The van der Waals surface area contributed by atoms with Crippen molar-refractivity contribution in [3.63, 3.8) is 0 Å². The number of aromatic nitrogens is 3. The predicted octanol–water partition coefficient (Wildman–Crippen LogP) is 4.42. The third kappa shape index (κ3) is 4.83. The molecule has 4 aromatic rings. The number of rotatable bonds is 7. The van der Waals surface area contributed by atoms with Gasteiger partial charge >= 0.3 is 0 Å². The van der Waals surface area contributed by atoms with Crippen LogP contribution in [0.1, 0.15) is 34.6 Å². The second-order valence-electron chi connectivity index (χ2n) is 7.48. The van der Waals surface area contributed by atoms with E-state index in [1.807, 2.05) is 30.5 Å². The third-order valence-electron chi connectivity index (χ3n) is 5.10. The molecular weight excluding hydrogens is 429 g/mol. The Morgan fingerprint density at radius 3 is 2.75 bits per heavy atom. The Balaban J connectivity index is 1.54. The number of carbonyl (C=O) groups is 1. The SMILES string of the molecule is CC(Nc1nc(C(=O)N(C)CCc2ccc(O)cc2)c2sccc2n1)c1cncc(F)c1. The molecule has 7 nitrogen and oxygen atoms in total. The summed E-state index contributed by atoms with van der Waals surface area (Å²) in [7, 11) is 1.73. The third-order valence-corrected chi connectivity index (χ3v) is 6.01. The van der Waals surface area contributed by atoms with Crippen LogP contribution < -0.4 is 5.32 Å². The van der Waals surface area contributed by atoms with Crippen molar-refractivity contribution in [1.82, 2.24) is 19.9 Å². The molecule has 0 aliphatic heterocycles. The molecule has 0 fully saturated rings. The van der Waals surface area contributed by atoms with E-state index in [1.165, 1.54) is 17.4 Å². The summed E-state index contributed by atoms with van der Waals surface area (Å²) in [6.07, 6.45) is 3.37. The van der Waals surface area contributed by atoms with Gasteiger partial charge in [-0.15, -0.1) is 11.3 Å². The van der Waals surface area contributed by atoms with Crippen LogP contribution in [-0.2, 0) is 6.42 Å². The Bertz CT molecular complexity index is 1240. The van der Waals surface area contributed by atoms with Crippen LogP contribution in [0.15, 0.2) is 54.2 Å². The fourth-order valence-electron chi connectivity index (χ4n) is 3.26. The number of thiophene rings is 1. The average molecular weight is 452 g/mol. The fourth-order valence-corrected chi connectivity index (χ4v) is 4.07. The summed E-state index contributed by atoms with van der Waals surface area (Å²) < 4.78 is 14.2. The molecule has 0 spiro atoms. The highest BCUT2D eigenvalue weighted by Gasteiger charge is 2.20. The first-order valence-corrected chi connectivity index (χ1v) is 10.9. The molecular formula is C23H22FN5O2S. The van der Waals surface area contributed by atoms with Gasteiger partial charge in [0.2, 0.25) is 5.95 Å². The van der Waals surface area contributed by atoms with Crippen molar-refractivity contribution in [2.24, 2.45) is 0 Å². The van der Waals surface area contributed by atoms with Crippen LogP contribution in [-0.4, -0.2) is 44.5 Å². The van der Waals surface area contributed by atoms with Crippen molar-refractivity contribution >= 4 is 33.4 Å². The van der Waals surface area contributed by atoms with Crippen molar-refractivity contribution < 1.29 is 14.3 Å². The number of amides is 1. The van der Waals surface area contributed by atoms with E-state index in [-0.39, 0.29) is 17.7 Å². The number of benzene rings is 1. The highest BCUT2D eigenvalue weighted by molar-refractivity contribution is 7.17. The monoisotopic (exact) mass is 451 g/mol. The maximum Gasteiger partial charge on any atom is 0.273 e. The molecule has 1 atom stereocenters. The minimum absolute atomic E-state index is 0.207. The van der Waals surface area contributed by atoms with E-state index in [0.717, 1.165) is 16.5 Å². The summed E-state index contributed by atoms with van der Waals surface area (Å²) in [4.78, 5) is 27.7. The number of phenols is 1. The summed E-state index contributed by atoms with van der Waals surface area (Å²) in [5.41, 5.74) is 2.67. The molecule has 164 valence electrons. The molecule has 1 aromatic carbocycles. The number of halogens is 1. The minimum atomic E-state index is -0.420. The van der Waals surface area contributed by atoms with Crippen molar-refractivity contribution in [2.45, 2.75) is 19.4 Å². The normalized spacial score (nSPS) is 12.0. The van der Waals surface area contributed by atoms with Crippen LogP contribution >= 0.6 is 11.3 Å². The lowest BCUT2D eigenvalue weighted by Crippen LogP contribution is -2.30. The van der Waals surface area contributed by atoms with E-state index in [4.69, 9.17) is 0 Å². The average Bonchev–Trinajstić information content (AvgIpc) is 3.26. The van der Waals surface area contributed by atoms with Gasteiger partial charge in [-0.25, -0.2) is 14.4 Å². The molecule has 0 aliphatic carbocycles. The molecule has 2 N–H and O–H groups in total. The van der Waals surface area contributed by atoms with Gasteiger partial charge in [0, 0.05) is 19.8 Å². The van der Waals surface area contributed by atoms with Crippen LogP contribution in [0.25, 0.3) is 10.2 Å². The van der Waals surface area contributed by atoms with Crippen molar-refractivity contribution in [3.8, 4) is 5.75 Å². The molecule has 1 amide bonds. The molecule has 0 saturated carbocycles. The van der Waals surface area contributed by atoms with Crippen LogP contribution in [0.2, 0.25) is 0 Å². The number of pyridine rings is 1. The number of fused-ring (bicyclic) bond motifs is 1. The van der Waals surface area contributed by atoms with Gasteiger partial charge in [-0.1, -0.05) is 12.1 Å². The molecule has 1 unspecified atom stereocenters. The van der Waals surface area contributed by atoms with Gasteiger partial charge in [-0.2, -0.15) is 0 Å². The van der Waals surface area contributed by atoms with Crippen LogP contribution in [0, 0.1) is 5.82 Å². The number of hydrogen-bond donors (Lipinski definition) is 2. The summed E-state index contributed by atoms with van der Waals surface area (Å²) in [6.45, 7) is 2.34. The Morgan fingerprint density at radius 2 is 2.00 bits per heavy atom. The van der Waals surface area contributed by atoms with Gasteiger partial charge in [-0.05, 0) is 54.1 Å². The molecule has 4 rings (SSSR count). The summed E-state index contributed by atoms with van der Waals surface area (Å²) in [5.74, 6) is -0.122. The molecule has 0 bridgehead atoms. The number of phenolic OH excluding ortho intramolecular Hbond substituents is 1. The van der Waals surface area contributed by atoms with E-state index >= 15 is 0 Å². The van der Waals surface area contributed by atoms with E-state index < -0.39 is 5.82 Å². The number of anilines is 1.